The first kappa shape index (κ1) is 19.9. The van der Waals surface area contributed by atoms with E-state index in [1.54, 1.807) is 25.3 Å². The minimum Gasteiger partial charge on any atom is -0.497 e. The second-order valence-corrected chi connectivity index (χ2v) is 7.63. The molecule has 1 aliphatic rings. The van der Waals surface area contributed by atoms with Gasteiger partial charge in [-0.2, -0.15) is 0 Å². The third-order valence-electron chi connectivity index (χ3n) is 5.63. The first-order chi connectivity index (χ1) is 15.7. The highest BCUT2D eigenvalue weighted by Crippen LogP contribution is 2.36. The lowest BCUT2D eigenvalue weighted by atomic mass is 10.1. The van der Waals surface area contributed by atoms with Gasteiger partial charge in [0.25, 0.3) is 0 Å². The summed E-state index contributed by atoms with van der Waals surface area (Å²) in [6.45, 7) is 3.35. The SMILES string of the molecule is CCn1cc(C=C2Oc3cc(OCc4cccc(OC)c4)ccc3C2=O)c2ccccc21. The van der Waals surface area contributed by atoms with Crippen molar-refractivity contribution in [2.24, 2.45) is 0 Å². The van der Waals surface area contributed by atoms with Crippen molar-refractivity contribution in [1.29, 1.82) is 0 Å². The van der Waals surface area contributed by atoms with Crippen LogP contribution in [0.3, 0.4) is 0 Å². The second kappa shape index (κ2) is 8.27. The van der Waals surface area contributed by atoms with Gasteiger partial charge in [0.1, 0.15) is 23.9 Å². The number of allylic oxidation sites excluding steroid dienone is 1. The smallest absolute Gasteiger partial charge is 0.231 e. The Morgan fingerprint density at radius 3 is 2.72 bits per heavy atom. The van der Waals surface area contributed by atoms with Crippen LogP contribution < -0.4 is 14.2 Å². The Labute approximate surface area is 186 Å². The second-order valence-electron chi connectivity index (χ2n) is 7.63. The van der Waals surface area contributed by atoms with E-state index in [0.717, 1.165) is 34.3 Å². The summed E-state index contributed by atoms with van der Waals surface area (Å²) in [5, 5.41) is 1.09. The Morgan fingerprint density at radius 1 is 1.00 bits per heavy atom. The van der Waals surface area contributed by atoms with Gasteiger partial charge in [0.15, 0.2) is 5.76 Å². The van der Waals surface area contributed by atoms with Gasteiger partial charge in [-0.1, -0.05) is 30.3 Å². The molecule has 32 heavy (non-hydrogen) atoms. The van der Waals surface area contributed by atoms with E-state index in [1.165, 1.54) is 0 Å². The van der Waals surface area contributed by atoms with Crippen molar-refractivity contribution in [2.45, 2.75) is 20.1 Å². The minimum atomic E-state index is -0.118. The molecule has 160 valence electrons. The lowest BCUT2D eigenvalue weighted by molar-refractivity contribution is 0.101. The number of nitrogens with zero attached hydrogens (tertiary/aromatic N) is 1. The number of rotatable bonds is 6. The number of ether oxygens (including phenoxy) is 3. The molecule has 0 unspecified atom stereocenters. The van der Waals surface area contributed by atoms with E-state index in [4.69, 9.17) is 14.2 Å². The third kappa shape index (κ3) is 3.62. The molecule has 0 atom stereocenters. The van der Waals surface area contributed by atoms with Gasteiger partial charge in [-0.05, 0) is 48.9 Å². The highest BCUT2D eigenvalue weighted by Gasteiger charge is 2.28. The zero-order chi connectivity index (χ0) is 22.1. The third-order valence-corrected chi connectivity index (χ3v) is 5.63. The van der Waals surface area contributed by atoms with Crippen LogP contribution in [0.5, 0.6) is 17.2 Å². The predicted octanol–water partition coefficient (Wildman–Crippen LogP) is 5.87. The lowest BCUT2D eigenvalue weighted by Crippen LogP contribution is -1.98. The molecule has 0 saturated heterocycles. The van der Waals surface area contributed by atoms with Crippen LogP contribution in [-0.4, -0.2) is 17.5 Å². The van der Waals surface area contributed by atoms with E-state index in [9.17, 15) is 4.79 Å². The summed E-state index contributed by atoms with van der Waals surface area (Å²) in [5.41, 5.74) is 3.64. The van der Waals surface area contributed by atoms with E-state index in [2.05, 4.69) is 29.8 Å². The molecule has 3 aromatic carbocycles. The van der Waals surface area contributed by atoms with E-state index < -0.39 is 0 Å². The molecule has 0 N–H and O–H groups in total. The molecule has 1 aliphatic heterocycles. The van der Waals surface area contributed by atoms with Crippen LogP contribution in [0.25, 0.3) is 17.0 Å². The molecular formula is C27H23NO4. The fraction of sp³-hybridized carbons (Fsp3) is 0.148. The van der Waals surface area contributed by atoms with Gasteiger partial charge in [-0.25, -0.2) is 0 Å². The molecule has 0 bridgehead atoms. The molecule has 0 fully saturated rings. The Hall–Kier alpha value is -3.99. The van der Waals surface area contributed by atoms with Gasteiger partial charge < -0.3 is 18.8 Å². The van der Waals surface area contributed by atoms with Gasteiger partial charge in [0.05, 0.1) is 12.7 Å². The normalized spacial score (nSPS) is 13.9. The number of methoxy groups -OCH3 is 1. The molecule has 0 saturated carbocycles. The summed E-state index contributed by atoms with van der Waals surface area (Å²) in [6, 6.07) is 21.2. The maximum atomic E-state index is 12.9. The molecule has 0 amide bonds. The van der Waals surface area contributed by atoms with Crippen molar-refractivity contribution in [1.82, 2.24) is 4.57 Å². The highest BCUT2D eigenvalue weighted by atomic mass is 16.5. The van der Waals surface area contributed by atoms with Crippen LogP contribution in [0.4, 0.5) is 0 Å². The summed E-state index contributed by atoms with van der Waals surface area (Å²) in [4.78, 5) is 12.9. The zero-order valence-electron chi connectivity index (χ0n) is 18.0. The number of aromatic nitrogens is 1. The van der Waals surface area contributed by atoms with Crippen molar-refractivity contribution < 1.29 is 19.0 Å². The van der Waals surface area contributed by atoms with E-state index in [-0.39, 0.29) is 5.78 Å². The summed E-state index contributed by atoms with van der Waals surface area (Å²) < 4.78 is 19.3. The minimum absolute atomic E-state index is 0.118. The van der Waals surface area contributed by atoms with E-state index in [1.807, 2.05) is 42.5 Å². The molecular weight excluding hydrogens is 402 g/mol. The van der Waals surface area contributed by atoms with Crippen LogP contribution in [0.1, 0.15) is 28.4 Å². The quantitative estimate of drug-likeness (QED) is 0.363. The number of hydrogen-bond acceptors (Lipinski definition) is 4. The molecule has 4 aromatic rings. The zero-order valence-corrected chi connectivity index (χ0v) is 18.0. The van der Waals surface area contributed by atoms with Crippen LogP contribution in [-0.2, 0) is 13.2 Å². The fourth-order valence-corrected chi connectivity index (χ4v) is 3.98. The van der Waals surface area contributed by atoms with Crippen molar-refractivity contribution >= 4 is 22.8 Å². The van der Waals surface area contributed by atoms with Crippen LogP contribution in [0.2, 0.25) is 0 Å². The van der Waals surface area contributed by atoms with Gasteiger partial charge in [0.2, 0.25) is 5.78 Å². The predicted molar refractivity (Wildman–Crippen MR) is 124 cm³/mol. The number of hydrogen-bond donors (Lipinski definition) is 0. The van der Waals surface area contributed by atoms with Gasteiger partial charge in [-0.3, -0.25) is 4.79 Å². The Balaban J connectivity index is 1.38. The van der Waals surface area contributed by atoms with Gasteiger partial charge in [-0.15, -0.1) is 0 Å². The largest absolute Gasteiger partial charge is 0.497 e. The van der Waals surface area contributed by atoms with Crippen molar-refractivity contribution in [3.8, 4) is 17.2 Å². The summed E-state index contributed by atoms with van der Waals surface area (Å²) in [7, 11) is 1.64. The molecule has 0 radical (unpaired) electrons. The van der Waals surface area contributed by atoms with Gasteiger partial charge in [0, 0.05) is 35.3 Å². The number of carbonyl (C=O) groups is 1. The Bertz CT molecular complexity index is 1350. The number of fused-ring (bicyclic) bond motifs is 2. The van der Waals surface area contributed by atoms with Crippen LogP contribution in [0, 0.1) is 0 Å². The van der Waals surface area contributed by atoms with Crippen LogP contribution >= 0.6 is 0 Å². The molecule has 2 heterocycles. The average Bonchev–Trinajstić information content (AvgIpc) is 3.35. The molecule has 5 rings (SSSR count). The van der Waals surface area contributed by atoms with Crippen molar-refractivity contribution in [2.75, 3.05) is 7.11 Å². The Morgan fingerprint density at radius 2 is 1.88 bits per heavy atom. The van der Waals surface area contributed by atoms with Crippen molar-refractivity contribution in [3.05, 3.63) is 95.4 Å². The average molecular weight is 425 g/mol. The topological polar surface area (TPSA) is 49.7 Å². The monoisotopic (exact) mass is 425 g/mol. The molecule has 5 heteroatoms. The summed E-state index contributed by atoms with van der Waals surface area (Å²) in [6.07, 6.45) is 3.88. The summed E-state index contributed by atoms with van der Waals surface area (Å²) in [5.74, 6) is 2.15. The molecule has 5 nitrogen and oxygen atoms in total. The number of benzene rings is 3. The standard InChI is InChI=1S/C27H23NO4/c1-3-28-16-19(22-9-4-5-10-24(22)28)14-26-27(29)23-12-11-21(15-25(23)32-26)31-17-18-7-6-8-20(13-18)30-2/h4-16H,3,17H2,1-2H3. The molecule has 0 spiro atoms. The maximum Gasteiger partial charge on any atom is 0.231 e. The summed E-state index contributed by atoms with van der Waals surface area (Å²) >= 11 is 0. The first-order valence-electron chi connectivity index (χ1n) is 10.6. The fourth-order valence-electron chi connectivity index (χ4n) is 3.98. The van der Waals surface area contributed by atoms with Crippen LogP contribution in [0.15, 0.2) is 78.7 Å². The highest BCUT2D eigenvalue weighted by molar-refractivity contribution is 6.15. The Kier molecular flexibility index (Phi) is 5.15. The molecule has 0 aliphatic carbocycles. The number of Topliss-reactive ketones (excluding diaryl/α,β-unsaturated/α-hetero) is 1. The number of ketones is 1. The number of aryl methyl sites for hydroxylation is 1. The first-order valence-corrected chi connectivity index (χ1v) is 10.6. The van der Waals surface area contributed by atoms with E-state index in [0.29, 0.717) is 29.4 Å². The maximum absolute atomic E-state index is 12.9. The number of carbonyl (C=O) groups excluding carboxylic acids is 1. The lowest BCUT2D eigenvalue weighted by Gasteiger charge is -2.08. The van der Waals surface area contributed by atoms with E-state index >= 15 is 0 Å². The number of para-hydroxylation sites is 1. The van der Waals surface area contributed by atoms with Gasteiger partial charge >= 0.3 is 0 Å². The molecule has 1 aromatic heterocycles. The van der Waals surface area contributed by atoms with Crippen molar-refractivity contribution in [3.63, 3.8) is 0 Å².